The predicted molar refractivity (Wildman–Crippen MR) is 49.6 cm³/mol. The van der Waals surface area contributed by atoms with Gasteiger partial charge in [-0.25, -0.2) is 0 Å². The van der Waals surface area contributed by atoms with Gasteiger partial charge >= 0.3 is 0 Å². The Hall–Kier alpha value is -0.400. The molecule has 1 aromatic carbocycles. The molecule has 3 heteroatoms. The van der Waals surface area contributed by atoms with Gasteiger partial charge in [-0.2, -0.15) is 0 Å². The van der Waals surface area contributed by atoms with Gasteiger partial charge < -0.3 is 4.90 Å². The lowest BCUT2D eigenvalue weighted by Crippen LogP contribution is -2.08. The molecule has 0 unspecified atom stereocenters. The van der Waals surface area contributed by atoms with Gasteiger partial charge in [-0.15, -0.1) is 0 Å². The number of rotatable bonds is 1. The minimum absolute atomic E-state index is 0.542. The summed E-state index contributed by atoms with van der Waals surface area (Å²) >= 11 is 11.5. The van der Waals surface area contributed by atoms with E-state index in [4.69, 9.17) is 23.2 Å². The molecule has 0 amide bonds. The van der Waals surface area contributed by atoms with Crippen LogP contribution < -0.4 is 4.90 Å². The Bertz CT molecular complexity index is 258. The summed E-state index contributed by atoms with van der Waals surface area (Å²) in [6.45, 7) is 0. The Balaban J connectivity index is 3.09. The maximum atomic E-state index is 5.88. The van der Waals surface area contributed by atoms with E-state index in [0.717, 1.165) is 5.69 Å². The van der Waals surface area contributed by atoms with E-state index < -0.39 is 0 Å². The van der Waals surface area contributed by atoms with E-state index in [1.54, 1.807) is 12.1 Å². The van der Waals surface area contributed by atoms with Crippen LogP contribution in [-0.4, -0.2) is 14.1 Å². The highest BCUT2D eigenvalue weighted by Crippen LogP contribution is 2.26. The Morgan fingerprint density at radius 1 is 1.36 bits per heavy atom. The van der Waals surface area contributed by atoms with E-state index in [0.29, 0.717) is 10.0 Å². The van der Waals surface area contributed by atoms with Crippen LogP contribution in [-0.2, 0) is 0 Å². The molecule has 0 aliphatic rings. The van der Waals surface area contributed by atoms with Crippen molar-refractivity contribution < 1.29 is 0 Å². The summed E-state index contributed by atoms with van der Waals surface area (Å²) < 4.78 is 0. The zero-order chi connectivity index (χ0) is 8.43. The van der Waals surface area contributed by atoms with Crippen molar-refractivity contribution in [3.8, 4) is 0 Å². The lowest BCUT2D eigenvalue weighted by Gasteiger charge is -2.13. The summed E-state index contributed by atoms with van der Waals surface area (Å²) in [5.74, 6) is 0. The molecule has 0 bridgehead atoms. The van der Waals surface area contributed by atoms with E-state index in [2.05, 4.69) is 6.07 Å². The van der Waals surface area contributed by atoms with Crippen LogP contribution in [0.3, 0.4) is 0 Å². The van der Waals surface area contributed by atoms with Gasteiger partial charge in [0.15, 0.2) is 0 Å². The van der Waals surface area contributed by atoms with Crippen molar-refractivity contribution in [3.05, 3.63) is 28.2 Å². The van der Waals surface area contributed by atoms with Crippen LogP contribution in [0.25, 0.3) is 0 Å². The van der Waals surface area contributed by atoms with E-state index in [1.807, 2.05) is 19.0 Å². The Kier molecular flexibility index (Phi) is 2.63. The molecule has 0 N–H and O–H groups in total. The fourth-order valence-electron chi connectivity index (χ4n) is 0.776. The first-order chi connectivity index (χ1) is 5.11. The van der Waals surface area contributed by atoms with Crippen LogP contribution in [0.4, 0.5) is 5.69 Å². The number of nitrogens with zero attached hydrogens (tertiary/aromatic N) is 1. The molecule has 0 atom stereocenters. The van der Waals surface area contributed by atoms with Crippen LogP contribution in [0.2, 0.25) is 10.0 Å². The van der Waals surface area contributed by atoms with Crippen molar-refractivity contribution in [2.45, 2.75) is 0 Å². The third-order valence-electron chi connectivity index (χ3n) is 1.33. The van der Waals surface area contributed by atoms with Crippen LogP contribution in [0.15, 0.2) is 12.1 Å². The molecule has 0 aliphatic carbocycles. The van der Waals surface area contributed by atoms with Crippen molar-refractivity contribution in [3.63, 3.8) is 0 Å². The molecule has 0 saturated heterocycles. The zero-order valence-corrected chi connectivity index (χ0v) is 7.87. The van der Waals surface area contributed by atoms with Gasteiger partial charge in [0.2, 0.25) is 0 Å². The molecule has 1 nitrogen and oxygen atoms in total. The van der Waals surface area contributed by atoms with Gasteiger partial charge in [0.05, 0.1) is 15.7 Å². The fraction of sp³-hybridized carbons (Fsp3) is 0.250. The first-order valence-electron chi connectivity index (χ1n) is 3.15. The monoisotopic (exact) mass is 188 g/mol. The van der Waals surface area contributed by atoms with Crippen LogP contribution >= 0.6 is 23.2 Å². The van der Waals surface area contributed by atoms with Crippen molar-refractivity contribution in [2.75, 3.05) is 19.0 Å². The highest BCUT2D eigenvalue weighted by molar-refractivity contribution is 6.36. The largest absolute Gasteiger partial charge is 0.376 e. The molecule has 1 rings (SSSR count). The van der Waals surface area contributed by atoms with Gasteiger partial charge in [-0.3, -0.25) is 0 Å². The highest BCUT2D eigenvalue weighted by atomic mass is 35.5. The van der Waals surface area contributed by atoms with Crippen LogP contribution in [0, 0.1) is 6.07 Å². The standard InChI is InChI=1S/C8H8Cl2N/c1-11(2)8-4-3-6(9)5-7(8)10/h4-5H,1-2H3. The molecular formula is C8H8Cl2N. The van der Waals surface area contributed by atoms with Gasteiger partial charge in [-0.05, 0) is 12.1 Å². The highest BCUT2D eigenvalue weighted by Gasteiger charge is 2.01. The second-order valence-corrected chi connectivity index (χ2v) is 3.22. The molecule has 0 heterocycles. The summed E-state index contributed by atoms with van der Waals surface area (Å²) in [5, 5.41) is 1.19. The first-order valence-corrected chi connectivity index (χ1v) is 3.91. The van der Waals surface area contributed by atoms with Crippen LogP contribution in [0.1, 0.15) is 0 Å². The molecule has 0 spiro atoms. The molecule has 1 radical (unpaired) electrons. The molecule has 0 aliphatic heterocycles. The van der Waals surface area contributed by atoms with Gasteiger partial charge in [0.25, 0.3) is 0 Å². The second-order valence-electron chi connectivity index (χ2n) is 2.41. The smallest absolute Gasteiger partial charge is 0.0654 e. The van der Waals surface area contributed by atoms with Gasteiger partial charge in [0.1, 0.15) is 0 Å². The van der Waals surface area contributed by atoms with Gasteiger partial charge in [0, 0.05) is 20.2 Å². The SMILES string of the molecule is CN(C)c1c[c]c(Cl)cc1Cl. The lowest BCUT2D eigenvalue weighted by molar-refractivity contribution is 1.13. The van der Waals surface area contributed by atoms with E-state index >= 15 is 0 Å². The van der Waals surface area contributed by atoms with E-state index in [9.17, 15) is 0 Å². The summed E-state index contributed by atoms with van der Waals surface area (Å²) in [6.07, 6.45) is 0. The van der Waals surface area contributed by atoms with E-state index in [-0.39, 0.29) is 0 Å². The van der Waals surface area contributed by atoms with Crippen molar-refractivity contribution in [2.24, 2.45) is 0 Å². The van der Waals surface area contributed by atoms with Crippen molar-refractivity contribution >= 4 is 28.9 Å². The Morgan fingerprint density at radius 3 is 2.45 bits per heavy atom. The molecule has 11 heavy (non-hydrogen) atoms. The van der Waals surface area contributed by atoms with Crippen LogP contribution in [0.5, 0.6) is 0 Å². The Morgan fingerprint density at radius 2 is 2.00 bits per heavy atom. The maximum absolute atomic E-state index is 5.88. The quantitative estimate of drug-likeness (QED) is 0.656. The maximum Gasteiger partial charge on any atom is 0.0654 e. The number of benzene rings is 1. The number of hydrogen-bond acceptors (Lipinski definition) is 1. The average molecular weight is 189 g/mol. The minimum atomic E-state index is 0.542. The third-order valence-corrected chi connectivity index (χ3v) is 1.85. The molecule has 1 aromatic rings. The minimum Gasteiger partial charge on any atom is -0.376 e. The molecule has 0 fully saturated rings. The fourth-order valence-corrected chi connectivity index (χ4v) is 1.33. The zero-order valence-electron chi connectivity index (χ0n) is 6.36. The number of hydrogen-bond donors (Lipinski definition) is 0. The molecular weight excluding hydrogens is 181 g/mol. The normalized spacial score (nSPS) is 9.82. The molecule has 0 saturated carbocycles. The molecule has 0 aromatic heterocycles. The van der Waals surface area contributed by atoms with E-state index in [1.165, 1.54) is 0 Å². The predicted octanol–water partition coefficient (Wildman–Crippen LogP) is 2.86. The summed E-state index contributed by atoms with van der Waals surface area (Å²) in [5.41, 5.74) is 0.927. The summed E-state index contributed by atoms with van der Waals surface area (Å²) in [6, 6.07) is 6.31. The second kappa shape index (κ2) is 3.33. The Labute approximate surface area is 76.5 Å². The topological polar surface area (TPSA) is 3.24 Å². The summed E-state index contributed by atoms with van der Waals surface area (Å²) in [4.78, 5) is 1.91. The number of halogens is 2. The van der Waals surface area contributed by atoms with Crippen molar-refractivity contribution in [1.29, 1.82) is 0 Å². The van der Waals surface area contributed by atoms with Gasteiger partial charge in [-0.1, -0.05) is 23.2 Å². The summed E-state index contributed by atoms with van der Waals surface area (Å²) in [7, 11) is 3.84. The van der Waals surface area contributed by atoms with Crippen molar-refractivity contribution in [1.82, 2.24) is 0 Å². The lowest BCUT2D eigenvalue weighted by atomic mass is 10.3. The number of anilines is 1. The third kappa shape index (κ3) is 2.01. The first kappa shape index (κ1) is 8.69. The average Bonchev–Trinajstić information content (AvgIpc) is 1.85. The molecule has 59 valence electrons.